The molecule has 0 saturated carbocycles. The van der Waals surface area contributed by atoms with Crippen molar-refractivity contribution in [3.05, 3.63) is 65.7 Å². The van der Waals surface area contributed by atoms with E-state index in [1.165, 1.54) is 4.90 Å². The van der Waals surface area contributed by atoms with E-state index in [9.17, 15) is 9.59 Å². The number of amides is 3. The van der Waals surface area contributed by atoms with E-state index in [-0.39, 0.29) is 18.6 Å². The van der Waals surface area contributed by atoms with Crippen molar-refractivity contribution < 1.29 is 14.3 Å². The first-order chi connectivity index (χ1) is 13.4. The van der Waals surface area contributed by atoms with Gasteiger partial charge in [-0.05, 0) is 50.1 Å². The normalized spacial score (nSPS) is 19.2. The number of nitrogens with one attached hydrogen (secondary N) is 1. The van der Waals surface area contributed by atoms with Gasteiger partial charge >= 0.3 is 6.03 Å². The summed E-state index contributed by atoms with van der Waals surface area (Å²) in [7, 11) is 3.53. The topological polar surface area (TPSA) is 61.9 Å². The van der Waals surface area contributed by atoms with Crippen LogP contribution in [0, 0.1) is 0 Å². The average Bonchev–Trinajstić information content (AvgIpc) is 2.91. The molecule has 1 aliphatic heterocycles. The van der Waals surface area contributed by atoms with Gasteiger partial charge in [0, 0.05) is 6.54 Å². The third kappa shape index (κ3) is 4.51. The molecule has 0 aliphatic carbocycles. The standard InChI is InChI=1S/C22H27N3O3/c1-22(14-13-17-9-11-19(28-3)12-10-17)20(26)25(21(27)23-22)16-24(2)15-18-7-5-4-6-8-18/h4-12H,13-16H2,1-3H3,(H,23,27)/t22-/m1/s1. The average molecular weight is 381 g/mol. The Balaban J connectivity index is 1.59. The first-order valence-corrected chi connectivity index (χ1v) is 9.41. The van der Waals surface area contributed by atoms with Crippen molar-refractivity contribution >= 4 is 11.9 Å². The van der Waals surface area contributed by atoms with Crippen molar-refractivity contribution in [2.24, 2.45) is 0 Å². The number of urea groups is 1. The summed E-state index contributed by atoms with van der Waals surface area (Å²) in [4.78, 5) is 28.6. The highest BCUT2D eigenvalue weighted by atomic mass is 16.5. The quantitative estimate of drug-likeness (QED) is 0.714. The maximum atomic E-state index is 12.9. The maximum Gasteiger partial charge on any atom is 0.326 e. The van der Waals surface area contributed by atoms with E-state index < -0.39 is 5.54 Å². The Bertz CT molecular complexity index is 823. The molecular formula is C22H27N3O3. The van der Waals surface area contributed by atoms with Gasteiger partial charge in [-0.2, -0.15) is 0 Å². The molecule has 1 atom stereocenters. The van der Waals surface area contributed by atoms with E-state index in [1.807, 2.05) is 66.5 Å². The third-order valence-corrected chi connectivity index (χ3v) is 5.10. The van der Waals surface area contributed by atoms with Gasteiger partial charge in [0.25, 0.3) is 5.91 Å². The van der Waals surface area contributed by atoms with Crippen LogP contribution >= 0.6 is 0 Å². The van der Waals surface area contributed by atoms with Crippen LogP contribution in [-0.4, -0.2) is 48.1 Å². The molecule has 1 heterocycles. The first kappa shape index (κ1) is 19.9. The van der Waals surface area contributed by atoms with Crippen molar-refractivity contribution in [2.75, 3.05) is 20.8 Å². The van der Waals surface area contributed by atoms with Crippen LogP contribution in [-0.2, 0) is 17.8 Å². The zero-order chi connectivity index (χ0) is 20.1. The Morgan fingerprint density at radius 3 is 2.36 bits per heavy atom. The highest BCUT2D eigenvalue weighted by Crippen LogP contribution is 2.24. The molecule has 0 bridgehead atoms. The van der Waals surface area contributed by atoms with Gasteiger partial charge in [0.2, 0.25) is 0 Å². The van der Waals surface area contributed by atoms with Gasteiger partial charge in [0.15, 0.2) is 0 Å². The van der Waals surface area contributed by atoms with Crippen molar-refractivity contribution in [1.29, 1.82) is 0 Å². The second kappa shape index (κ2) is 8.44. The van der Waals surface area contributed by atoms with Crippen LogP contribution in [0.5, 0.6) is 5.75 Å². The van der Waals surface area contributed by atoms with Crippen LogP contribution in [0.1, 0.15) is 24.5 Å². The molecule has 6 heteroatoms. The number of rotatable bonds is 8. The van der Waals surface area contributed by atoms with Crippen LogP contribution in [0.4, 0.5) is 4.79 Å². The van der Waals surface area contributed by atoms with E-state index in [0.717, 1.165) is 16.9 Å². The van der Waals surface area contributed by atoms with Gasteiger partial charge < -0.3 is 10.1 Å². The Labute approximate surface area is 166 Å². The molecule has 0 aromatic heterocycles. The number of imide groups is 1. The monoisotopic (exact) mass is 381 g/mol. The van der Waals surface area contributed by atoms with Crippen LogP contribution in [0.15, 0.2) is 54.6 Å². The molecule has 0 unspecified atom stereocenters. The lowest BCUT2D eigenvalue weighted by Gasteiger charge is -2.24. The van der Waals surface area contributed by atoms with E-state index in [1.54, 1.807) is 14.0 Å². The lowest BCUT2D eigenvalue weighted by Crippen LogP contribution is -2.45. The summed E-state index contributed by atoms with van der Waals surface area (Å²) in [5.41, 5.74) is 1.35. The van der Waals surface area contributed by atoms with E-state index >= 15 is 0 Å². The second-order valence-electron chi connectivity index (χ2n) is 7.48. The van der Waals surface area contributed by atoms with Crippen molar-refractivity contribution in [2.45, 2.75) is 31.8 Å². The largest absolute Gasteiger partial charge is 0.497 e. The van der Waals surface area contributed by atoms with Crippen LogP contribution in [0.3, 0.4) is 0 Å². The molecule has 1 aliphatic rings. The number of aryl methyl sites for hydroxylation is 1. The number of carbonyl (C=O) groups is 2. The molecule has 148 valence electrons. The minimum atomic E-state index is -0.884. The predicted octanol–water partition coefficient (Wildman–Crippen LogP) is 3.03. The molecule has 3 rings (SSSR count). The number of benzene rings is 2. The molecule has 1 N–H and O–H groups in total. The molecule has 6 nitrogen and oxygen atoms in total. The van der Waals surface area contributed by atoms with Crippen LogP contribution in [0.2, 0.25) is 0 Å². The third-order valence-electron chi connectivity index (χ3n) is 5.10. The molecule has 0 spiro atoms. The second-order valence-corrected chi connectivity index (χ2v) is 7.48. The van der Waals surface area contributed by atoms with Gasteiger partial charge in [-0.1, -0.05) is 42.5 Å². The van der Waals surface area contributed by atoms with E-state index in [0.29, 0.717) is 19.4 Å². The Kier molecular flexibility index (Phi) is 5.99. The lowest BCUT2D eigenvalue weighted by atomic mass is 9.93. The van der Waals surface area contributed by atoms with Gasteiger partial charge in [-0.15, -0.1) is 0 Å². The number of carbonyl (C=O) groups excluding carboxylic acids is 2. The van der Waals surface area contributed by atoms with Gasteiger partial charge in [-0.3, -0.25) is 9.69 Å². The molecule has 3 amide bonds. The molecule has 2 aromatic carbocycles. The minimum absolute atomic E-state index is 0.175. The number of hydrogen-bond donors (Lipinski definition) is 1. The minimum Gasteiger partial charge on any atom is -0.497 e. The van der Waals surface area contributed by atoms with E-state index in [2.05, 4.69) is 5.32 Å². The molecule has 2 aromatic rings. The zero-order valence-electron chi connectivity index (χ0n) is 16.6. The molecule has 1 fully saturated rings. The van der Waals surface area contributed by atoms with Crippen molar-refractivity contribution in [1.82, 2.24) is 15.1 Å². The smallest absolute Gasteiger partial charge is 0.326 e. The number of nitrogens with zero attached hydrogens (tertiary/aromatic N) is 2. The summed E-state index contributed by atoms with van der Waals surface area (Å²) in [6.07, 6.45) is 1.24. The molecule has 1 saturated heterocycles. The summed E-state index contributed by atoms with van der Waals surface area (Å²) in [5.74, 6) is 0.624. The fourth-order valence-corrected chi connectivity index (χ4v) is 3.42. The first-order valence-electron chi connectivity index (χ1n) is 9.41. The number of ether oxygens (including phenoxy) is 1. The summed E-state index contributed by atoms with van der Waals surface area (Å²) in [6.45, 7) is 2.73. The van der Waals surface area contributed by atoms with Crippen LogP contribution in [0.25, 0.3) is 0 Å². The van der Waals surface area contributed by atoms with Crippen LogP contribution < -0.4 is 10.1 Å². The van der Waals surface area contributed by atoms with Gasteiger partial charge in [0.1, 0.15) is 11.3 Å². The maximum absolute atomic E-state index is 12.9. The van der Waals surface area contributed by atoms with Crippen molar-refractivity contribution in [3.63, 3.8) is 0 Å². The molecule has 28 heavy (non-hydrogen) atoms. The highest BCUT2D eigenvalue weighted by molar-refractivity contribution is 6.06. The summed E-state index contributed by atoms with van der Waals surface area (Å²) < 4.78 is 5.17. The fraction of sp³-hybridized carbons (Fsp3) is 0.364. The lowest BCUT2D eigenvalue weighted by molar-refractivity contribution is -0.132. The molecule has 0 radical (unpaired) electrons. The Hall–Kier alpha value is -2.86. The van der Waals surface area contributed by atoms with Gasteiger partial charge in [0.05, 0.1) is 13.8 Å². The Morgan fingerprint density at radius 2 is 1.71 bits per heavy atom. The SMILES string of the molecule is COc1ccc(CC[C@@]2(C)NC(=O)N(CN(C)Cc3ccccc3)C2=O)cc1. The summed E-state index contributed by atoms with van der Waals surface area (Å²) >= 11 is 0. The van der Waals surface area contributed by atoms with E-state index in [4.69, 9.17) is 4.74 Å². The summed E-state index contributed by atoms with van der Waals surface area (Å²) in [6, 6.07) is 17.4. The zero-order valence-corrected chi connectivity index (χ0v) is 16.6. The highest BCUT2D eigenvalue weighted by Gasteiger charge is 2.47. The number of hydrogen-bond acceptors (Lipinski definition) is 4. The number of methoxy groups -OCH3 is 1. The molecular weight excluding hydrogens is 354 g/mol. The summed E-state index contributed by atoms with van der Waals surface area (Å²) in [5, 5.41) is 2.88. The van der Waals surface area contributed by atoms with Crippen molar-refractivity contribution in [3.8, 4) is 5.75 Å². The van der Waals surface area contributed by atoms with Gasteiger partial charge in [-0.25, -0.2) is 9.69 Å². The Morgan fingerprint density at radius 1 is 1.04 bits per heavy atom. The fourth-order valence-electron chi connectivity index (χ4n) is 3.42. The predicted molar refractivity (Wildman–Crippen MR) is 108 cm³/mol.